The zero-order valence-electron chi connectivity index (χ0n) is 14.8. The second-order valence-electron chi connectivity index (χ2n) is 6.79. The van der Waals surface area contributed by atoms with Gasteiger partial charge in [-0.05, 0) is 20.0 Å². The molecule has 0 radical (unpaired) electrons. The third-order valence-electron chi connectivity index (χ3n) is 4.91. The normalized spacial score (nSPS) is 22.7. The third-order valence-corrected chi connectivity index (χ3v) is 4.91. The van der Waals surface area contributed by atoms with Crippen molar-refractivity contribution in [2.24, 2.45) is 0 Å². The fourth-order valence-corrected chi connectivity index (χ4v) is 3.41. The molecule has 1 atom stereocenters. The van der Waals surface area contributed by atoms with Gasteiger partial charge < -0.3 is 24.0 Å². The van der Waals surface area contributed by atoms with E-state index in [0.29, 0.717) is 26.2 Å². The van der Waals surface area contributed by atoms with Gasteiger partial charge in [-0.3, -0.25) is 9.59 Å². The lowest BCUT2D eigenvalue weighted by molar-refractivity contribution is -0.144. The number of likely N-dealkylation sites (N-methyl/N-ethyl adjacent to an activating group) is 1. The molecule has 2 saturated heterocycles. The highest BCUT2D eigenvalue weighted by molar-refractivity contribution is 5.80. The maximum Gasteiger partial charge on any atom is 0.242 e. The van der Waals surface area contributed by atoms with Crippen LogP contribution in [0.5, 0.6) is 0 Å². The van der Waals surface area contributed by atoms with Gasteiger partial charge in [0, 0.05) is 45.0 Å². The van der Waals surface area contributed by atoms with Crippen molar-refractivity contribution in [3.05, 3.63) is 18.7 Å². The first-order chi connectivity index (χ1) is 12.1. The lowest BCUT2D eigenvalue weighted by Crippen LogP contribution is -2.51. The molecule has 0 N–H and O–H groups in total. The largest absolute Gasteiger partial charge is 0.377 e. The van der Waals surface area contributed by atoms with Crippen LogP contribution in [0.2, 0.25) is 0 Å². The van der Waals surface area contributed by atoms with Crippen molar-refractivity contribution >= 4 is 11.8 Å². The molecule has 3 heterocycles. The SMILES string of the molecule is CN1CCCN(C(=O)CC2COCCN2C(=O)Cn2ccnc2)CC1. The summed E-state index contributed by atoms with van der Waals surface area (Å²) >= 11 is 0. The van der Waals surface area contributed by atoms with Crippen molar-refractivity contribution in [1.82, 2.24) is 24.3 Å². The van der Waals surface area contributed by atoms with Gasteiger partial charge in [0.05, 0.1) is 25.6 Å². The molecule has 3 rings (SSSR count). The molecule has 1 aromatic heterocycles. The van der Waals surface area contributed by atoms with Gasteiger partial charge in [-0.1, -0.05) is 0 Å². The summed E-state index contributed by atoms with van der Waals surface area (Å²) in [6.07, 6.45) is 6.38. The number of rotatable bonds is 4. The Kier molecular flexibility index (Phi) is 6.04. The number of hydrogen-bond acceptors (Lipinski definition) is 5. The number of aromatic nitrogens is 2. The topological polar surface area (TPSA) is 70.9 Å². The van der Waals surface area contributed by atoms with Crippen LogP contribution in [-0.2, 0) is 20.9 Å². The van der Waals surface area contributed by atoms with Gasteiger partial charge in [0.15, 0.2) is 0 Å². The Bertz CT molecular complexity index is 577. The molecule has 138 valence electrons. The van der Waals surface area contributed by atoms with Crippen LogP contribution in [-0.4, -0.2) is 95.1 Å². The minimum atomic E-state index is -0.182. The van der Waals surface area contributed by atoms with Crippen LogP contribution in [0.4, 0.5) is 0 Å². The van der Waals surface area contributed by atoms with Gasteiger partial charge in [0.1, 0.15) is 6.54 Å². The van der Waals surface area contributed by atoms with E-state index in [1.165, 1.54) is 0 Å². The molecular weight excluding hydrogens is 322 g/mol. The van der Waals surface area contributed by atoms with Gasteiger partial charge in [-0.2, -0.15) is 0 Å². The highest BCUT2D eigenvalue weighted by Crippen LogP contribution is 2.14. The molecule has 8 nitrogen and oxygen atoms in total. The first-order valence-corrected chi connectivity index (χ1v) is 8.93. The molecule has 0 saturated carbocycles. The molecule has 0 aromatic carbocycles. The maximum absolute atomic E-state index is 12.7. The number of nitrogens with zero attached hydrogens (tertiary/aromatic N) is 5. The van der Waals surface area contributed by atoms with E-state index in [9.17, 15) is 9.59 Å². The molecule has 2 fully saturated rings. The fraction of sp³-hybridized carbons (Fsp3) is 0.706. The number of amides is 2. The molecule has 0 aliphatic carbocycles. The molecule has 8 heteroatoms. The molecule has 2 aliphatic rings. The van der Waals surface area contributed by atoms with Crippen LogP contribution in [0.25, 0.3) is 0 Å². The monoisotopic (exact) mass is 349 g/mol. The molecule has 1 unspecified atom stereocenters. The van der Waals surface area contributed by atoms with Crippen LogP contribution < -0.4 is 0 Å². The van der Waals surface area contributed by atoms with Crippen molar-refractivity contribution in [2.75, 3.05) is 53.0 Å². The van der Waals surface area contributed by atoms with Crippen LogP contribution >= 0.6 is 0 Å². The molecular formula is C17H27N5O3. The Hall–Kier alpha value is -1.93. The van der Waals surface area contributed by atoms with E-state index in [-0.39, 0.29) is 24.4 Å². The summed E-state index contributed by atoms with van der Waals surface area (Å²) in [4.78, 5) is 35.3. The number of ether oxygens (including phenoxy) is 1. The Morgan fingerprint density at radius 1 is 1.16 bits per heavy atom. The average molecular weight is 349 g/mol. The highest BCUT2D eigenvalue weighted by atomic mass is 16.5. The average Bonchev–Trinajstić information content (AvgIpc) is 3.01. The van der Waals surface area contributed by atoms with E-state index < -0.39 is 0 Å². The molecule has 2 amide bonds. The Balaban J connectivity index is 1.58. The number of hydrogen-bond donors (Lipinski definition) is 0. The number of morpholine rings is 1. The first-order valence-electron chi connectivity index (χ1n) is 8.93. The minimum absolute atomic E-state index is 0.00898. The molecule has 1 aromatic rings. The lowest BCUT2D eigenvalue weighted by Gasteiger charge is -2.36. The van der Waals surface area contributed by atoms with Gasteiger partial charge in [-0.25, -0.2) is 4.98 Å². The van der Waals surface area contributed by atoms with Crippen molar-refractivity contribution in [1.29, 1.82) is 0 Å². The summed E-state index contributed by atoms with van der Waals surface area (Å²) in [7, 11) is 2.08. The zero-order valence-corrected chi connectivity index (χ0v) is 14.8. The highest BCUT2D eigenvalue weighted by Gasteiger charge is 2.31. The van der Waals surface area contributed by atoms with Crippen molar-refractivity contribution in [2.45, 2.75) is 25.4 Å². The Morgan fingerprint density at radius 3 is 2.84 bits per heavy atom. The van der Waals surface area contributed by atoms with Crippen LogP contribution in [0.15, 0.2) is 18.7 Å². The first kappa shape index (κ1) is 17.9. The summed E-state index contributed by atoms with van der Waals surface area (Å²) in [5, 5.41) is 0. The van der Waals surface area contributed by atoms with E-state index in [4.69, 9.17) is 4.74 Å². The smallest absolute Gasteiger partial charge is 0.242 e. The Morgan fingerprint density at radius 2 is 2.04 bits per heavy atom. The van der Waals surface area contributed by atoms with E-state index in [0.717, 1.165) is 32.6 Å². The van der Waals surface area contributed by atoms with Gasteiger partial charge in [0.25, 0.3) is 0 Å². The van der Waals surface area contributed by atoms with Crippen molar-refractivity contribution < 1.29 is 14.3 Å². The predicted molar refractivity (Wildman–Crippen MR) is 91.9 cm³/mol. The third kappa shape index (κ3) is 4.79. The fourth-order valence-electron chi connectivity index (χ4n) is 3.41. The van der Waals surface area contributed by atoms with Gasteiger partial charge in [0.2, 0.25) is 11.8 Å². The minimum Gasteiger partial charge on any atom is -0.377 e. The Labute approximate surface area is 148 Å². The van der Waals surface area contributed by atoms with E-state index in [1.807, 2.05) is 4.90 Å². The number of imidazole rings is 1. The van der Waals surface area contributed by atoms with Crippen molar-refractivity contribution in [3.8, 4) is 0 Å². The summed E-state index contributed by atoms with van der Waals surface area (Å²) in [6, 6.07) is -0.182. The van der Waals surface area contributed by atoms with Crippen LogP contribution in [0.1, 0.15) is 12.8 Å². The summed E-state index contributed by atoms with van der Waals surface area (Å²) in [6.45, 7) is 5.20. The number of carbonyl (C=O) groups is 2. The predicted octanol–water partition coefficient (Wildman–Crippen LogP) is -0.335. The summed E-state index contributed by atoms with van der Waals surface area (Å²) in [5.41, 5.74) is 0. The van der Waals surface area contributed by atoms with Crippen LogP contribution in [0.3, 0.4) is 0 Å². The second-order valence-corrected chi connectivity index (χ2v) is 6.79. The molecule has 0 bridgehead atoms. The summed E-state index contributed by atoms with van der Waals surface area (Å²) < 4.78 is 7.29. The molecule has 2 aliphatic heterocycles. The quantitative estimate of drug-likeness (QED) is 0.744. The van der Waals surface area contributed by atoms with E-state index in [2.05, 4.69) is 16.9 Å². The zero-order chi connectivity index (χ0) is 17.6. The number of carbonyl (C=O) groups excluding carboxylic acids is 2. The maximum atomic E-state index is 12.7. The molecule has 25 heavy (non-hydrogen) atoms. The second kappa shape index (κ2) is 8.44. The van der Waals surface area contributed by atoms with E-state index >= 15 is 0 Å². The summed E-state index contributed by atoms with van der Waals surface area (Å²) in [5.74, 6) is 0.126. The van der Waals surface area contributed by atoms with Gasteiger partial charge >= 0.3 is 0 Å². The van der Waals surface area contributed by atoms with Gasteiger partial charge in [-0.15, -0.1) is 0 Å². The van der Waals surface area contributed by atoms with Crippen LogP contribution in [0, 0.1) is 0 Å². The lowest BCUT2D eigenvalue weighted by atomic mass is 10.1. The van der Waals surface area contributed by atoms with Crippen molar-refractivity contribution in [3.63, 3.8) is 0 Å². The standard InChI is InChI=1S/C17H27N5O3/c1-19-4-2-5-21(8-7-19)16(23)11-15-13-25-10-9-22(15)17(24)12-20-6-3-18-14-20/h3,6,14-15H,2,4-5,7-13H2,1H3. The van der Waals surface area contributed by atoms with E-state index in [1.54, 1.807) is 28.2 Å². The molecule has 0 spiro atoms.